The number of esters is 1. The normalized spacial score (nSPS) is 21.5. The van der Waals surface area contributed by atoms with Crippen molar-refractivity contribution < 1.29 is 24.1 Å². The van der Waals surface area contributed by atoms with E-state index in [-0.39, 0.29) is 23.7 Å². The molecule has 4 heterocycles. The SMILES string of the molecule is Cc1cc(-c2nc3cc(CC[C@H](C(=O)O[C@H]4CCOC4)[C@@H](C)O)ccc3n2CC2COCCN2C)cn(C)c1=O. The predicted molar refractivity (Wildman–Crippen MR) is 151 cm³/mol. The number of aliphatic hydroxyl groups excluding tert-OH is 1. The average Bonchev–Trinajstić information content (AvgIpc) is 3.56. The van der Waals surface area contributed by atoms with Gasteiger partial charge in [0.1, 0.15) is 11.9 Å². The number of imidazole rings is 1. The van der Waals surface area contributed by atoms with Crippen LogP contribution in [0.15, 0.2) is 35.3 Å². The summed E-state index contributed by atoms with van der Waals surface area (Å²) in [6.45, 7) is 7.40. The minimum Gasteiger partial charge on any atom is -0.460 e. The van der Waals surface area contributed by atoms with Crippen molar-refractivity contribution in [3.63, 3.8) is 0 Å². The van der Waals surface area contributed by atoms with Crippen LogP contribution in [0.4, 0.5) is 0 Å². The molecular weight excluding hydrogens is 512 g/mol. The molecule has 216 valence electrons. The summed E-state index contributed by atoms with van der Waals surface area (Å²) in [5.41, 5.74) is 4.39. The van der Waals surface area contributed by atoms with Crippen LogP contribution < -0.4 is 5.56 Å². The number of aromatic nitrogens is 3. The third-order valence-electron chi connectivity index (χ3n) is 8.15. The fourth-order valence-corrected chi connectivity index (χ4v) is 5.61. The van der Waals surface area contributed by atoms with Crippen molar-refractivity contribution >= 4 is 17.0 Å². The second-order valence-corrected chi connectivity index (χ2v) is 11.2. The first kappa shape index (κ1) is 28.5. The molecule has 1 unspecified atom stereocenters. The minimum absolute atomic E-state index is 0.0271. The third kappa shape index (κ3) is 6.15. The van der Waals surface area contributed by atoms with Crippen LogP contribution in [-0.4, -0.2) is 88.4 Å². The lowest BCUT2D eigenvalue weighted by molar-refractivity contribution is -0.158. The summed E-state index contributed by atoms with van der Waals surface area (Å²) in [5.74, 6) is -0.184. The molecule has 10 heteroatoms. The van der Waals surface area contributed by atoms with E-state index in [9.17, 15) is 14.7 Å². The number of hydrogen-bond donors (Lipinski definition) is 1. The lowest BCUT2D eigenvalue weighted by atomic mass is 9.95. The number of carbonyl (C=O) groups excluding carboxylic acids is 1. The molecule has 2 aromatic heterocycles. The molecule has 40 heavy (non-hydrogen) atoms. The molecule has 1 aromatic carbocycles. The van der Waals surface area contributed by atoms with Gasteiger partial charge in [0.05, 0.1) is 55.5 Å². The van der Waals surface area contributed by atoms with Crippen molar-refractivity contribution in [1.29, 1.82) is 0 Å². The number of benzene rings is 1. The van der Waals surface area contributed by atoms with E-state index in [1.54, 1.807) is 18.5 Å². The maximum atomic E-state index is 12.8. The Morgan fingerprint density at radius 2 is 2.00 bits per heavy atom. The minimum atomic E-state index is -0.813. The summed E-state index contributed by atoms with van der Waals surface area (Å²) in [4.78, 5) is 32.5. The zero-order chi connectivity index (χ0) is 28.4. The van der Waals surface area contributed by atoms with Crippen molar-refractivity contribution in [3.8, 4) is 11.4 Å². The van der Waals surface area contributed by atoms with E-state index in [1.807, 2.05) is 19.2 Å². The van der Waals surface area contributed by atoms with Crippen LogP contribution in [0.5, 0.6) is 0 Å². The fourth-order valence-electron chi connectivity index (χ4n) is 5.61. The largest absolute Gasteiger partial charge is 0.460 e. The van der Waals surface area contributed by atoms with E-state index >= 15 is 0 Å². The number of carbonyl (C=O) groups is 1. The van der Waals surface area contributed by atoms with Crippen molar-refractivity contribution in [1.82, 2.24) is 19.0 Å². The number of likely N-dealkylation sites (N-methyl/N-ethyl adjacent to an activating group) is 1. The average molecular weight is 553 g/mol. The van der Waals surface area contributed by atoms with Gasteiger partial charge in [-0.15, -0.1) is 0 Å². The van der Waals surface area contributed by atoms with E-state index in [1.165, 1.54) is 0 Å². The smallest absolute Gasteiger partial charge is 0.311 e. The molecule has 1 N–H and O–H groups in total. The molecule has 0 bridgehead atoms. The Labute approximate surface area is 234 Å². The van der Waals surface area contributed by atoms with E-state index in [0.29, 0.717) is 51.2 Å². The monoisotopic (exact) mass is 552 g/mol. The van der Waals surface area contributed by atoms with Gasteiger partial charge in [0.15, 0.2) is 0 Å². The molecular formula is C30H40N4O6. The fraction of sp³-hybridized carbons (Fsp3) is 0.567. The van der Waals surface area contributed by atoms with Crippen LogP contribution in [0.3, 0.4) is 0 Å². The third-order valence-corrected chi connectivity index (χ3v) is 8.15. The van der Waals surface area contributed by atoms with Gasteiger partial charge in [0.25, 0.3) is 5.56 Å². The molecule has 10 nitrogen and oxygen atoms in total. The van der Waals surface area contributed by atoms with Crippen LogP contribution in [0.1, 0.15) is 30.9 Å². The number of morpholine rings is 1. The predicted octanol–water partition coefficient (Wildman–Crippen LogP) is 2.30. The summed E-state index contributed by atoms with van der Waals surface area (Å²) in [6.07, 6.45) is 2.55. The molecule has 2 aliphatic heterocycles. The molecule has 0 amide bonds. The highest BCUT2D eigenvalue weighted by molar-refractivity contribution is 5.81. The van der Waals surface area contributed by atoms with Gasteiger partial charge in [-0.2, -0.15) is 0 Å². The molecule has 0 aliphatic carbocycles. The standard InChI is InChI=1S/C30H40N4O6/c1-19-13-22(15-33(4)29(19)36)28-31-26-14-21(5-7-25(20(2)35)30(37)40-24-9-11-38-18-24)6-8-27(26)34(28)16-23-17-39-12-10-32(23)3/h6,8,13-15,20,23-25,35H,5,7,9-12,16-18H2,1-4H3/t20-,23?,24+,25+/m1/s1. The van der Waals surface area contributed by atoms with Gasteiger partial charge in [-0.1, -0.05) is 6.07 Å². The van der Waals surface area contributed by atoms with Gasteiger partial charge in [-0.05, 0) is 57.5 Å². The number of rotatable bonds is 9. The molecule has 2 aliphatic rings. The lowest BCUT2D eigenvalue weighted by Crippen LogP contribution is -2.45. The zero-order valence-electron chi connectivity index (χ0n) is 23.8. The first-order chi connectivity index (χ1) is 19.2. The quantitative estimate of drug-likeness (QED) is 0.403. The van der Waals surface area contributed by atoms with Gasteiger partial charge in [-0.3, -0.25) is 14.5 Å². The molecule has 2 saturated heterocycles. The number of hydrogen-bond acceptors (Lipinski definition) is 8. The first-order valence-corrected chi connectivity index (χ1v) is 14.1. The molecule has 0 radical (unpaired) electrons. The number of fused-ring (bicyclic) bond motifs is 1. The highest BCUT2D eigenvalue weighted by atomic mass is 16.6. The summed E-state index contributed by atoms with van der Waals surface area (Å²) in [5, 5.41) is 10.3. The van der Waals surface area contributed by atoms with Gasteiger partial charge < -0.3 is 28.5 Å². The van der Waals surface area contributed by atoms with Crippen LogP contribution in [0.2, 0.25) is 0 Å². The summed E-state index contributed by atoms with van der Waals surface area (Å²) < 4.78 is 20.5. The van der Waals surface area contributed by atoms with Crippen molar-refractivity contribution in [2.75, 3.05) is 40.0 Å². The van der Waals surface area contributed by atoms with Crippen LogP contribution in [0.25, 0.3) is 22.4 Å². The van der Waals surface area contributed by atoms with E-state index in [4.69, 9.17) is 19.2 Å². The maximum Gasteiger partial charge on any atom is 0.311 e. The lowest BCUT2D eigenvalue weighted by Gasteiger charge is -2.33. The van der Waals surface area contributed by atoms with Crippen LogP contribution in [0, 0.1) is 12.8 Å². The molecule has 5 rings (SSSR count). The summed E-state index contributed by atoms with van der Waals surface area (Å²) in [6, 6.07) is 8.29. The Morgan fingerprint density at radius 3 is 2.70 bits per heavy atom. The Kier molecular flexibility index (Phi) is 8.70. The molecule has 2 fully saturated rings. The van der Waals surface area contributed by atoms with Crippen molar-refractivity contribution in [3.05, 3.63) is 51.9 Å². The van der Waals surface area contributed by atoms with Gasteiger partial charge in [-0.25, -0.2) is 4.98 Å². The van der Waals surface area contributed by atoms with Crippen molar-refractivity contribution in [2.24, 2.45) is 13.0 Å². The second-order valence-electron chi connectivity index (χ2n) is 11.2. The number of pyridine rings is 1. The topological polar surface area (TPSA) is 108 Å². The molecule has 0 saturated carbocycles. The number of ether oxygens (including phenoxy) is 3. The first-order valence-electron chi connectivity index (χ1n) is 14.1. The van der Waals surface area contributed by atoms with Crippen LogP contribution in [-0.2, 0) is 39.0 Å². The van der Waals surface area contributed by atoms with Crippen molar-refractivity contribution in [2.45, 2.75) is 57.9 Å². The Hall–Kier alpha value is -3.05. The summed E-state index contributed by atoms with van der Waals surface area (Å²) >= 11 is 0. The Bertz CT molecular complexity index is 1380. The highest BCUT2D eigenvalue weighted by Gasteiger charge is 2.29. The molecule has 0 spiro atoms. The van der Waals surface area contributed by atoms with E-state index < -0.39 is 12.0 Å². The maximum absolute atomic E-state index is 12.8. The second kappa shape index (κ2) is 12.2. The number of aliphatic hydroxyl groups is 1. The zero-order valence-corrected chi connectivity index (χ0v) is 23.8. The molecule has 3 aromatic rings. The molecule has 4 atom stereocenters. The Morgan fingerprint density at radius 1 is 1.20 bits per heavy atom. The van der Waals surface area contributed by atoms with Gasteiger partial charge >= 0.3 is 5.97 Å². The van der Waals surface area contributed by atoms with Gasteiger partial charge in [0.2, 0.25) is 0 Å². The number of nitrogens with zero attached hydrogens (tertiary/aromatic N) is 4. The van der Waals surface area contributed by atoms with E-state index in [0.717, 1.165) is 41.1 Å². The van der Waals surface area contributed by atoms with E-state index in [2.05, 4.69) is 34.7 Å². The van der Waals surface area contributed by atoms with Gasteiger partial charge in [0, 0.05) is 43.9 Å². The Balaban J connectivity index is 1.43. The highest BCUT2D eigenvalue weighted by Crippen LogP contribution is 2.28. The van der Waals surface area contributed by atoms with Crippen LogP contribution >= 0.6 is 0 Å². The number of aryl methyl sites for hydroxylation is 3. The summed E-state index contributed by atoms with van der Waals surface area (Å²) in [7, 11) is 3.87.